The average molecular weight is 237 g/mol. The quantitative estimate of drug-likeness (QED) is 0.764. The van der Waals surface area contributed by atoms with Crippen molar-refractivity contribution in [1.29, 1.82) is 0 Å². The van der Waals surface area contributed by atoms with Gasteiger partial charge >= 0.3 is 0 Å². The van der Waals surface area contributed by atoms with Crippen LogP contribution in [-0.4, -0.2) is 46.9 Å². The van der Waals surface area contributed by atoms with E-state index in [0.717, 1.165) is 5.56 Å². The number of morpholine rings is 1. The zero-order chi connectivity index (χ0) is 12.5. The van der Waals surface area contributed by atoms with Gasteiger partial charge < -0.3 is 9.64 Å². The van der Waals surface area contributed by atoms with Gasteiger partial charge in [0, 0.05) is 19.3 Å². The lowest BCUT2D eigenvalue weighted by molar-refractivity contribution is -0.143. The van der Waals surface area contributed by atoms with Crippen molar-refractivity contribution in [3.8, 4) is 0 Å². The molecule has 0 bridgehead atoms. The van der Waals surface area contributed by atoms with E-state index in [-0.39, 0.29) is 5.91 Å². The highest BCUT2D eigenvalue weighted by atomic mass is 16.5. The number of hydrogen-bond acceptors (Lipinski definition) is 3. The summed E-state index contributed by atoms with van der Waals surface area (Å²) in [6, 6.07) is 0. The average Bonchev–Trinajstić information content (AvgIpc) is 2.77. The predicted octanol–water partition coefficient (Wildman–Crippen LogP) is 0.785. The van der Waals surface area contributed by atoms with E-state index in [0.29, 0.717) is 26.3 Å². The van der Waals surface area contributed by atoms with E-state index < -0.39 is 5.54 Å². The molecule has 1 aromatic heterocycles. The maximum Gasteiger partial charge on any atom is 0.250 e. The second-order valence-electron chi connectivity index (χ2n) is 4.93. The van der Waals surface area contributed by atoms with Crippen LogP contribution in [0, 0.1) is 6.92 Å². The van der Waals surface area contributed by atoms with Gasteiger partial charge in [0.2, 0.25) is 5.91 Å². The first-order chi connectivity index (χ1) is 8.01. The van der Waals surface area contributed by atoms with Crippen LogP contribution in [0.15, 0.2) is 12.4 Å². The number of carbonyl (C=O) groups is 1. The molecular weight excluding hydrogens is 218 g/mol. The highest BCUT2D eigenvalue weighted by Crippen LogP contribution is 2.19. The first kappa shape index (κ1) is 12.1. The van der Waals surface area contributed by atoms with Gasteiger partial charge in [0.25, 0.3) is 0 Å². The first-order valence-corrected chi connectivity index (χ1v) is 5.90. The zero-order valence-corrected chi connectivity index (χ0v) is 10.6. The molecule has 94 valence electrons. The molecule has 17 heavy (non-hydrogen) atoms. The summed E-state index contributed by atoms with van der Waals surface area (Å²) in [5.41, 5.74) is 0.429. The number of ether oxygens (including phenoxy) is 1. The highest BCUT2D eigenvalue weighted by Gasteiger charge is 2.35. The Morgan fingerprint density at radius 1 is 1.41 bits per heavy atom. The summed E-state index contributed by atoms with van der Waals surface area (Å²) in [6.07, 6.45) is 3.67. The van der Waals surface area contributed by atoms with Crippen molar-refractivity contribution in [2.75, 3.05) is 26.3 Å². The number of hydrogen-bond donors (Lipinski definition) is 0. The highest BCUT2D eigenvalue weighted by molar-refractivity contribution is 5.83. The Kier molecular flexibility index (Phi) is 3.19. The summed E-state index contributed by atoms with van der Waals surface area (Å²) in [7, 11) is 0. The molecule has 1 amide bonds. The standard InChI is InChI=1S/C12H19N3O2/c1-10-8-13-15(9-10)12(2,3)11(16)14-4-6-17-7-5-14/h8-9H,4-7H2,1-3H3. The Hall–Kier alpha value is -1.36. The van der Waals surface area contributed by atoms with Gasteiger partial charge in [0.05, 0.1) is 19.4 Å². The third-order valence-electron chi connectivity index (χ3n) is 3.11. The minimum Gasteiger partial charge on any atom is -0.378 e. The zero-order valence-electron chi connectivity index (χ0n) is 10.6. The van der Waals surface area contributed by atoms with Crippen LogP contribution in [0.3, 0.4) is 0 Å². The van der Waals surface area contributed by atoms with Gasteiger partial charge in [-0.15, -0.1) is 0 Å². The van der Waals surface area contributed by atoms with Crippen molar-refractivity contribution in [3.63, 3.8) is 0 Å². The molecule has 2 heterocycles. The fraction of sp³-hybridized carbons (Fsp3) is 0.667. The lowest BCUT2D eigenvalue weighted by atomic mass is 10.0. The summed E-state index contributed by atoms with van der Waals surface area (Å²) in [5.74, 6) is 0.101. The topological polar surface area (TPSA) is 47.4 Å². The van der Waals surface area contributed by atoms with Crippen molar-refractivity contribution in [2.24, 2.45) is 0 Å². The Morgan fingerprint density at radius 3 is 2.59 bits per heavy atom. The Morgan fingerprint density at radius 2 is 2.06 bits per heavy atom. The van der Waals surface area contributed by atoms with Crippen molar-refractivity contribution < 1.29 is 9.53 Å². The Balaban J connectivity index is 2.16. The number of aryl methyl sites for hydroxylation is 1. The Labute approximate surface area is 101 Å². The van der Waals surface area contributed by atoms with Crippen molar-refractivity contribution in [1.82, 2.24) is 14.7 Å². The summed E-state index contributed by atoms with van der Waals surface area (Å²) in [4.78, 5) is 14.3. The third kappa shape index (κ3) is 2.34. The normalized spacial score (nSPS) is 17.2. The van der Waals surface area contributed by atoms with E-state index in [1.54, 1.807) is 10.9 Å². The molecule has 0 unspecified atom stereocenters. The minimum atomic E-state index is -0.633. The number of carbonyl (C=O) groups excluding carboxylic acids is 1. The van der Waals surface area contributed by atoms with E-state index in [2.05, 4.69) is 5.10 Å². The summed E-state index contributed by atoms with van der Waals surface area (Å²) in [5, 5.41) is 4.24. The molecule has 0 spiro atoms. The van der Waals surface area contributed by atoms with E-state index in [4.69, 9.17) is 4.74 Å². The molecule has 1 saturated heterocycles. The molecule has 1 aliphatic heterocycles. The molecule has 1 aliphatic rings. The molecule has 5 heteroatoms. The van der Waals surface area contributed by atoms with Crippen LogP contribution >= 0.6 is 0 Å². The second-order valence-corrected chi connectivity index (χ2v) is 4.93. The largest absolute Gasteiger partial charge is 0.378 e. The van der Waals surface area contributed by atoms with Crippen molar-refractivity contribution >= 4 is 5.91 Å². The van der Waals surface area contributed by atoms with Gasteiger partial charge in [0.1, 0.15) is 5.54 Å². The smallest absolute Gasteiger partial charge is 0.250 e. The molecule has 1 aromatic rings. The summed E-state index contributed by atoms with van der Waals surface area (Å²) < 4.78 is 6.99. The SMILES string of the molecule is Cc1cnn(C(C)(C)C(=O)N2CCOCC2)c1. The number of nitrogens with zero attached hydrogens (tertiary/aromatic N) is 3. The predicted molar refractivity (Wildman–Crippen MR) is 63.7 cm³/mol. The molecular formula is C12H19N3O2. The lowest BCUT2D eigenvalue weighted by Crippen LogP contribution is -2.51. The minimum absolute atomic E-state index is 0.101. The molecule has 1 fully saturated rings. The fourth-order valence-corrected chi connectivity index (χ4v) is 1.97. The van der Waals surface area contributed by atoms with Gasteiger partial charge in [0.15, 0.2) is 0 Å². The lowest BCUT2D eigenvalue weighted by Gasteiger charge is -2.34. The maximum absolute atomic E-state index is 12.4. The van der Waals surface area contributed by atoms with E-state index >= 15 is 0 Å². The van der Waals surface area contributed by atoms with Crippen LogP contribution in [0.2, 0.25) is 0 Å². The van der Waals surface area contributed by atoms with Gasteiger partial charge in [-0.1, -0.05) is 0 Å². The van der Waals surface area contributed by atoms with Crippen LogP contribution in [-0.2, 0) is 15.1 Å². The van der Waals surface area contributed by atoms with E-state index in [1.165, 1.54) is 0 Å². The molecule has 0 N–H and O–H groups in total. The summed E-state index contributed by atoms with van der Waals surface area (Å²) in [6.45, 7) is 8.36. The van der Waals surface area contributed by atoms with Gasteiger partial charge in [-0.25, -0.2) is 0 Å². The van der Waals surface area contributed by atoms with Crippen LogP contribution in [0.25, 0.3) is 0 Å². The third-order valence-corrected chi connectivity index (χ3v) is 3.11. The maximum atomic E-state index is 12.4. The van der Waals surface area contributed by atoms with Gasteiger partial charge in [-0.05, 0) is 26.3 Å². The van der Waals surface area contributed by atoms with Gasteiger partial charge in [-0.3, -0.25) is 9.48 Å². The monoisotopic (exact) mass is 237 g/mol. The number of amides is 1. The fourth-order valence-electron chi connectivity index (χ4n) is 1.97. The van der Waals surface area contributed by atoms with Crippen molar-refractivity contribution in [2.45, 2.75) is 26.3 Å². The molecule has 0 aromatic carbocycles. The molecule has 5 nitrogen and oxygen atoms in total. The van der Waals surface area contributed by atoms with E-state index in [9.17, 15) is 4.79 Å². The van der Waals surface area contributed by atoms with E-state index in [1.807, 2.05) is 31.9 Å². The first-order valence-electron chi connectivity index (χ1n) is 5.90. The number of aromatic nitrogens is 2. The molecule has 0 saturated carbocycles. The van der Waals surface area contributed by atoms with Crippen LogP contribution < -0.4 is 0 Å². The van der Waals surface area contributed by atoms with Crippen LogP contribution in [0.4, 0.5) is 0 Å². The van der Waals surface area contributed by atoms with Gasteiger partial charge in [-0.2, -0.15) is 5.10 Å². The molecule has 2 rings (SSSR count). The molecule has 0 aliphatic carbocycles. The summed E-state index contributed by atoms with van der Waals surface area (Å²) >= 11 is 0. The number of rotatable bonds is 2. The Bertz CT molecular complexity index is 406. The molecule has 0 radical (unpaired) electrons. The molecule has 0 atom stereocenters. The van der Waals surface area contributed by atoms with Crippen LogP contribution in [0.1, 0.15) is 19.4 Å². The van der Waals surface area contributed by atoms with Crippen molar-refractivity contribution in [3.05, 3.63) is 18.0 Å². The van der Waals surface area contributed by atoms with Crippen LogP contribution in [0.5, 0.6) is 0 Å². The second kappa shape index (κ2) is 4.49.